The lowest BCUT2D eigenvalue weighted by molar-refractivity contribution is 0.0602. The molecule has 0 aliphatic rings. The van der Waals surface area contributed by atoms with Crippen LogP contribution >= 0.6 is 11.6 Å². The Balaban J connectivity index is 2.31. The van der Waals surface area contributed by atoms with E-state index < -0.39 is 5.97 Å². The Morgan fingerprint density at radius 3 is 2.75 bits per heavy atom. The van der Waals surface area contributed by atoms with Gasteiger partial charge >= 0.3 is 5.97 Å². The maximum atomic E-state index is 11.8. The molecule has 5 nitrogen and oxygen atoms in total. The van der Waals surface area contributed by atoms with Crippen molar-refractivity contribution in [3.63, 3.8) is 0 Å². The SMILES string of the molecule is COC(=O)c1cccn2c(-c3ccncc3)nc(Cl)c12. The monoisotopic (exact) mass is 287 g/mol. The standard InChI is InChI=1S/C14H10ClN3O2/c1-20-14(19)10-3-2-8-18-11(10)12(15)17-13(18)9-4-6-16-7-5-9/h2-8H,1H3. The Hall–Kier alpha value is -2.40. The summed E-state index contributed by atoms with van der Waals surface area (Å²) in [4.78, 5) is 20.1. The summed E-state index contributed by atoms with van der Waals surface area (Å²) < 4.78 is 6.53. The fraction of sp³-hybridized carbons (Fsp3) is 0.0714. The molecule has 100 valence electrons. The van der Waals surface area contributed by atoms with Crippen molar-refractivity contribution >= 4 is 23.1 Å². The molecular formula is C14H10ClN3O2. The van der Waals surface area contributed by atoms with Gasteiger partial charge in [-0.3, -0.25) is 9.38 Å². The highest BCUT2D eigenvalue weighted by atomic mass is 35.5. The predicted octanol–water partition coefficient (Wildman–Crippen LogP) is 2.84. The molecular weight excluding hydrogens is 278 g/mol. The van der Waals surface area contributed by atoms with Gasteiger partial charge < -0.3 is 4.74 Å². The van der Waals surface area contributed by atoms with Crippen molar-refractivity contribution in [2.75, 3.05) is 7.11 Å². The lowest BCUT2D eigenvalue weighted by Crippen LogP contribution is -2.03. The summed E-state index contributed by atoms with van der Waals surface area (Å²) in [6, 6.07) is 7.07. The van der Waals surface area contributed by atoms with Gasteiger partial charge in [0.25, 0.3) is 0 Å². The third-order valence-electron chi connectivity index (χ3n) is 2.97. The van der Waals surface area contributed by atoms with Crippen molar-refractivity contribution in [1.29, 1.82) is 0 Å². The Morgan fingerprint density at radius 1 is 1.30 bits per heavy atom. The van der Waals surface area contributed by atoms with E-state index in [0.29, 0.717) is 16.9 Å². The predicted molar refractivity (Wildman–Crippen MR) is 74.8 cm³/mol. The largest absolute Gasteiger partial charge is 0.465 e. The first-order chi connectivity index (χ1) is 9.72. The lowest BCUT2D eigenvalue weighted by Gasteiger charge is -2.04. The fourth-order valence-electron chi connectivity index (χ4n) is 2.07. The highest BCUT2D eigenvalue weighted by Crippen LogP contribution is 2.28. The van der Waals surface area contributed by atoms with Crippen molar-refractivity contribution in [2.24, 2.45) is 0 Å². The molecule has 20 heavy (non-hydrogen) atoms. The number of esters is 1. The molecule has 0 N–H and O–H groups in total. The third kappa shape index (κ3) is 1.92. The van der Waals surface area contributed by atoms with Gasteiger partial charge in [0, 0.05) is 24.2 Å². The highest BCUT2D eigenvalue weighted by molar-refractivity contribution is 6.33. The average molecular weight is 288 g/mol. The molecule has 3 aromatic rings. The van der Waals surface area contributed by atoms with Crippen LogP contribution in [0.15, 0.2) is 42.9 Å². The Bertz CT molecular complexity index is 784. The number of halogens is 1. The Morgan fingerprint density at radius 2 is 2.05 bits per heavy atom. The zero-order valence-corrected chi connectivity index (χ0v) is 11.3. The summed E-state index contributed by atoms with van der Waals surface area (Å²) in [7, 11) is 1.33. The van der Waals surface area contributed by atoms with Gasteiger partial charge in [-0.05, 0) is 24.3 Å². The molecule has 0 aromatic carbocycles. The Labute approximate surface area is 119 Å². The van der Waals surface area contributed by atoms with Gasteiger partial charge in [0.05, 0.1) is 18.2 Å². The van der Waals surface area contributed by atoms with Crippen LogP contribution in [0.5, 0.6) is 0 Å². The molecule has 6 heteroatoms. The molecule has 3 heterocycles. The smallest absolute Gasteiger partial charge is 0.340 e. The molecule has 0 aliphatic carbocycles. The number of nitrogens with zero attached hydrogens (tertiary/aromatic N) is 3. The van der Waals surface area contributed by atoms with Crippen LogP contribution in [0.25, 0.3) is 16.9 Å². The minimum Gasteiger partial charge on any atom is -0.465 e. The van der Waals surface area contributed by atoms with E-state index in [1.165, 1.54) is 7.11 Å². The molecule has 3 rings (SSSR count). The number of aromatic nitrogens is 3. The second-order valence-electron chi connectivity index (χ2n) is 4.09. The molecule has 0 aliphatic heterocycles. The van der Waals surface area contributed by atoms with E-state index in [2.05, 4.69) is 9.97 Å². The maximum absolute atomic E-state index is 11.8. The van der Waals surface area contributed by atoms with E-state index in [-0.39, 0.29) is 5.15 Å². The summed E-state index contributed by atoms with van der Waals surface area (Å²) in [5.41, 5.74) is 1.78. The van der Waals surface area contributed by atoms with Crippen molar-refractivity contribution < 1.29 is 9.53 Å². The zero-order valence-electron chi connectivity index (χ0n) is 10.6. The molecule has 3 aromatic heterocycles. The minimum absolute atomic E-state index is 0.262. The quantitative estimate of drug-likeness (QED) is 0.680. The van der Waals surface area contributed by atoms with E-state index in [1.54, 1.807) is 35.1 Å². The van der Waals surface area contributed by atoms with Gasteiger partial charge in [-0.2, -0.15) is 0 Å². The van der Waals surface area contributed by atoms with E-state index in [4.69, 9.17) is 16.3 Å². The highest BCUT2D eigenvalue weighted by Gasteiger charge is 2.18. The van der Waals surface area contributed by atoms with Gasteiger partial charge in [0.1, 0.15) is 5.82 Å². The van der Waals surface area contributed by atoms with E-state index >= 15 is 0 Å². The molecule has 0 amide bonds. The summed E-state index contributed by atoms with van der Waals surface area (Å²) in [5.74, 6) is 0.205. The number of rotatable bonds is 2. The number of carbonyl (C=O) groups excluding carboxylic acids is 1. The fourth-order valence-corrected chi connectivity index (χ4v) is 2.35. The molecule has 0 saturated carbocycles. The summed E-state index contributed by atoms with van der Waals surface area (Å²) >= 11 is 6.18. The average Bonchev–Trinajstić information content (AvgIpc) is 2.85. The maximum Gasteiger partial charge on any atom is 0.340 e. The number of hydrogen-bond donors (Lipinski definition) is 0. The zero-order chi connectivity index (χ0) is 14.1. The number of carbonyl (C=O) groups is 1. The normalized spacial score (nSPS) is 10.7. The lowest BCUT2D eigenvalue weighted by atomic mass is 10.2. The number of hydrogen-bond acceptors (Lipinski definition) is 4. The third-order valence-corrected chi connectivity index (χ3v) is 3.23. The second-order valence-corrected chi connectivity index (χ2v) is 4.45. The number of fused-ring (bicyclic) bond motifs is 1. The van der Waals surface area contributed by atoms with Crippen molar-refractivity contribution in [3.8, 4) is 11.4 Å². The van der Waals surface area contributed by atoms with Gasteiger partial charge in [0.2, 0.25) is 0 Å². The second kappa shape index (κ2) is 4.94. The first-order valence-corrected chi connectivity index (χ1v) is 6.25. The summed E-state index contributed by atoms with van der Waals surface area (Å²) in [6.45, 7) is 0. The van der Waals surface area contributed by atoms with Crippen LogP contribution in [-0.4, -0.2) is 27.4 Å². The van der Waals surface area contributed by atoms with Crippen LogP contribution < -0.4 is 0 Å². The van der Waals surface area contributed by atoms with E-state index in [1.807, 2.05) is 12.1 Å². The van der Waals surface area contributed by atoms with Crippen molar-refractivity contribution in [1.82, 2.24) is 14.4 Å². The molecule has 0 radical (unpaired) electrons. The van der Waals surface area contributed by atoms with Gasteiger partial charge in [0.15, 0.2) is 5.15 Å². The van der Waals surface area contributed by atoms with Crippen LogP contribution in [-0.2, 0) is 4.74 Å². The first kappa shape index (κ1) is 12.6. The summed E-state index contributed by atoms with van der Waals surface area (Å²) in [6.07, 6.45) is 5.15. The minimum atomic E-state index is -0.446. The van der Waals surface area contributed by atoms with Gasteiger partial charge in [-0.25, -0.2) is 9.78 Å². The van der Waals surface area contributed by atoms with Crippen molar-refractivity contribution in [2.45, 2.75) is 0 Å². The Kier molecular flexibility index (Phi) is 3.12. The van der Waals surface area contributed by atoms with Gasteiger partial charge in [-0.1, -0.05) is 11.6 Å². The number of methoxy groups -OCH3 is 1. The number of pyridine rings is 2. The number of imidazole rings is 1. The van der Waals surface area contributed by atoms with Crippen molar-refractivity contribution in [3.05, 3.63) is 53.6 Å². The molecule has 0 saturated heterocycles. The molecule has 0 bridgehead atoms. The molecule has 0 fully saturated rings. The van der Waals surface area contributed by atoms with Crippen LogP contribution in [0, 0.1) is 0 Å². The first-order valence-electron chi connectivity index (χ1n) is 5.87. The molecule has 0 spiro atoms. The van der Waals surface area contributed by atoms with Crippen LogP contribution in [0.1, 0.15) is 10.4 Å². The van der Waals surface area contributed by atoms with Gasteiger partial charge in [-0.15, -0.1) is 0 Å². The van der Waals surface area contributed by atoms with Crippen LogP contribution in [0.2, 0.25) is 5.15 Å². The van der Waals surface area contributed by atoms with E-state index in [0.717, 1.165) is 5.56 Å². The van der Waals surface area contributed by atoms with Crippen LogP contribution in [0.4, 0.5) is 0 Å². The topological polar surface area (TPSA) is 56.5 Å². The van der Waals surface area contributed by atoms with E-state index in [9.17, 15) is 4.79 Å². The molecule has 0 unspecified atom stereocenters. The van der Waals surface area contributed by atoms with Crippen LogP contribution in [0.3, 0.4) is 0 Å². The summed E-state index contributed by atoms with van der Waals surface area (Å²) in [5, 5.41) is 0.262. The number of ether oxygens (including phenoxy) is 1. The molecule has 0 atom stereocenters.